The summed E-state index contributed by atoms with van der Waals surface area (Å²) in [4.78, 5) is 14.8. The summed E-state index contributed by atoms with van der Waals surface area (Å²) in [6.07, 6.45) is 2.36. The molecule has 0 unspecified atom stereocenters. The van der Waals surface area contributed by atoms with Gasteiger partial charge in [-0.25, -0.2) is 0 Å². The van der Waals surface area contributed by atoms with Crippen LogP contribution in [0.4, 0.5) is 0 Å². The second kappa shape index (κ2) is 8.52. The van der Waals surface area contributed by atoms with Crippen LogP contribution in [-0.4, -0.2) is 36.9 Å². The van der Waals surface area contributed by atoms with Crippen molar-refractivity contribution in [2.24, 2.45) is 15.9 Å². The van der Waals surface area contributed by atoms with Gasteiger partial charge in [0.15, 0.2) is 0 Å². The van der Waals surface area contributed by atoms with Gasteiger partial charge in [-0.05, 0) is 54.8 Å². The number of hydrogen-bond acceptors (Lipinski definition) is 5. The minimum atomic E-state index is -0.215. The van der Waals surface area contributed by atoms with Crippen LogP contribution in [0.2, 0.25) is 0 Å². The first-order chi connectivity index (χ1) is 13.5. The number of rotatable bonds is 5. The molecule has 144 valence electrons. The van der Waals surface area contributed by atoms with E-state index in [1.165, 1.54) is 5.56 Å². The number of carbonyl (C=O) groups excluding carboxylic acids is 1. The Labute approximate surface area is 165 Å². The maximum atomic E-state index is 13.0. The second-order valence-electron chi connectivity index (χ2n) is 6.58. The van der Waals surface area contributed by atoms with Crippen LogP contribution in [0.25, 0.3) is 0 Å². The van der Waals surface area contributed by atoms with Crippen LogP contribution < -0.4 is 10.5 Å². The fraction of sp³-hybridized carbons (Fsp3) is 0.227. The second-order valence-corrected chi connectivity index (χ2v) is 6.58. The van der Waals surface area contributed by atoms with Crippen molar-refractivity contribution in [2.45, 2.75) is 19.4 Å². The maximum Gasteiger partial charge on any atom is 0.270 e. The van der Waals surface area contributed by atoms with Gasteiger partial charge in [-0.2, -0.15) is 10.2 Å². The molecule has 0 bridgehead atoms. The molecular weight excluding hydrogens is 352 g/mol. The number of methoxy groups -OCH3 is 1. The average molecular weight is 376 g/mol. The van der Waals surface area contributed by atoms with Crippen molar-refractivity contribution in [2.75, 3.05) is 13.7 Å². The number of ether oxygens (including phenoxy) is 1. The highest BCUT2D eigenvalue weighted by Gasteiger charge is 2.28. The fourth-order valence-electron chi connectivity index (χ4n) is 3.43. The molecule has 2 N–H and O–H groups in total. The molecule has 1 aliphatic rings. The number of carbonyl (C=O) groups is 1. The fourth-order valence-corrected chi connectivity index (χ4v) is 3.43. The highest BCUT2D eigenvalue weighted by Crippen LogP contribution is 2.29. The Morgan fingerprint density at radius 1 is 1.25 bits per heavy atom. The zero-order valence-corrected chi connectivity index (χ0v) is 16.1. The summed E-state index contributed by atoms with van der Waals surface area (Å²) in [5, 5.41) is 7.64. The molecule has 1 atom stereocenters. The lowest BCUT2D eigenvalue weighted by Crippen LogP contribution is -2.41. The summed E-state index contributed by atoms with van der Waals surface area (Å²) >= 11 is 0. The van der Waals surface area contributed by atoms with Gasteiger partial charge in [0.1, 0.15) is 5.75 Å². The summed E-state index contributed by atoms with van der Waals surface area (Å²) < 4.78 is 5.17. The van der Waals surface area contributed by atoms with E-state index in [1.54, 1.807) is 18.1 Å². The summed E-state index contributed by atoms with van der Waals surface area (Å²) in [7, 11) is 1.60. The van der Waals surface area contributed by atoms with E-state index in [0.717, 1.165) is 23.3 Å². The minimum Gasteiger partial charge on any atom is -0.497 e. The molecule has 0 saturated carbocycles. The van der Waals surface area contributed by atoms with Crippen LogP contribution >= 0.6 is 0 Å². The normalized spacial score (nSPS) is 17.1. The third-order valence-electron chi connectivity index (χ3n) is 4.96. The van der Waals surface area contributed by atoms with Crippen LogP contribution in [0.15, 0.2) is 70.5 Å². The van der Waals surface area contributed by atoms with Crippen LogP contribution in [0.5, 0.6) is 5.75 Å². The Balaban J connectivity index is 1.85. The number of fused-ring (bicyclic) bond motifs is 1. The monoisotopic (exact) mass is 376 g/mol. The number of allylic oxidation sites excluding steroid dienone is 1. The van der Waals surface area contributed by atoms with Crippen molar-refractivity contribution in [3.8, 4) is 5.75 Å². The molecule has 1 heterocycles. The molecule has 2 aromatic rings. The first-order valence-corrected chi connectivity index (χ1v) is 9.09. The van der Waals surface area contributed by atoms with Crippen molar-refractivity contribution in [1.82, 2.24) is 4.90 Å². The van der Waals surface area contributed by atoms with Crippen molar-refractivity contribution >= 4 is 18.3 Å². The first kappa shape index (κ1) is 19.4. The predicted molar refractivity (Wildman–Crippen MR) is 112 cm³/mol. The van der Waals surface area contributed by atoms with Crippen LogP contribution in [-0.2, 0) is 11.2 Å². The molecule has 1 aliphatic heterocycles. The van der Waals surface area contributed by atoms with Gasteiger partial charge in [0.25, 0.3) is 5.91 Å². The maximum absolute atomic E-state index is 13.0. The van der Waals surface area contributed by atoms with E-state index in [9.17, 15) is 4.79 Å². The summed E-state index contributed by atoms with van der Waals surface area (Å²) in [6, 6.07) is 15.4. The van der Waals surface area contributed by atoms with Gasteiger partial charge < -0.3 is 15.4 Å². The van der Waals surface area contributed by atoms with Crippen LogP contribution in [0.3, 0.4) is 0 Å². The van der Waals surface area contributed by atoms with Crippen molar-refractivity contribution in [1.29, 1.82) is 0 Å². The summed E-state index contributed by atoms with van der Waals surface area (Å²) in [5.41, 5.74) is 9.94. The van der Waals surface area contributed by atoms with E-state index in [4.69, 9.17) is 10.5 Å². The molecular formula is C22H24N4O2. The lowest BCUT2D eigenvalue weighted by Gasteiger charge is -2.35. The zero-order valence-electron chi connectivity index (χ0n) is 16.1. The van der Waals surface area contributed by atoms with Gasteiger partial charge in [0, 0.05) is 18.8 Å². The Kier molecular flexibility index (Phi) is 5.89. The van der Waals surface area contributed by atoms with E-state index in [2.05, 4.69) is 29.1 Å². The molecule has 6 nitrogen and oxygen atoms in total. The lowest BCUT2D eigenvalue weighted by molar-refractivity contribution is -0.129. The van der Waals surface area contributed by atoms with E-state index in [0.29, 0.717) is 12.3 Å². The zero-order chi connectivity index (χ0) is 20.1. The number of amides is 1. The summed E-state index contributed by atoms with van der Waals surface area (Å²) in [6.45, 7) is 6.06. The molecule has 3 rings (SSSR count). The Morgan fingerprint density at radius 3 is 2.64 bits per heavy atom. The van der Waals surface area contributed by atoms with Crippen molar-refractivity contribution < 1.29 is 9.53 Å². The smallest absolute Gasteiger partial charge is 0.270 e. The molecule has 0 aromatic heterocycles. The van der Waals surface area contributed by atoms with E-state index >= 15 is 0 Å². The van der Waals surface area contributed by atoms with Gasteiger partial charge in [-0.15, -0.1) is 0 Å². The van der Waals surface area contributed by atoms with Crippen molar-refractivity contribution in [3.05, 3.63) is 77.0 Å². The highest BCUT2D eigenvalue weighted by molar-refractivity contribution is 6.12. The number of hydrogen-bond donors (Lipinski definition) is 1. The molecule has 6 heteroatoms. The number of nitrogens with two attached hydrogens (primary N) is 1. The molecule has 2 aromatic carbocycles. The largest absolute Gasteiger partial charge is 0.497 e. The molecule has 0 fully saturated rings. The predicted octanol–water partition coefficient (Wildman–Crippen LogP) is 3.09. The third-order valence-corrected chi connectivity index (χ3v) is 4.96. The Hall–Kier alpha value is -3.41. The van der Waals surface area contributed by atoms with Gasteiger partial charge >= 0.3 is 0 Å². The Bertz CT molecular complexity index is 932. The highest BCUT2D eigenvalue weighted by atomic mass is 16.5. The SMILES string of the molecule is C=NN=C(C=C(N)C(=O)N1CCc2ccccc2[C@H]1C)c1ccc(OC)cc1. The molecule has 0 spiro atoms. The first-order valence-electron chi connectivity index (χ1n) is 9.09. The van der Waals surface area contributed by atoms with E-state index in [1.807, 2.05) is 43.3 Å². The minimum absolute atomic E-state index is 0.0386. The number of benzene rings is 2. The van der Waals surface area contributed by atoms with Gasteiger partial charge in [-0.3, -0.25) is 4.79 Å². The molecule has 0 saturated heterocycles. The van der Waals surface area contributed by atoms with E-state index < -0.39 is 0 Å². The van der Waals surface area contributed by atoms with Crippen LogP contribution in [0.1, 0.15) is 29.7 Å². The van der Waals surface area contributed by atoms with Crippen molar-refractivity contribution in [3.63, 3.8) is 0 Å². The standard InChI is InChI=1S/C22H24N4O2/c1-15-19-7-5-4-6-16(19)12-13-26(15)22(27)20(23)14-21(25-24-2)17-8-10-18(28-3)11-9-17/h4-11,14-15H,2,12-13,23H2,1,3H3/t15-/m1/s1. The molecule has 28 heavy (non-hydrogen) atoms. The topological polar surface area (TPSA) is 80.3 Å². The molecule has 0 radical (unpaired) electrons. The molecule has 0 aliphatic carbocycles. The van der Waals surface area contributed by atoms with Gasteiger partial charge in [0.2, 0.25) is 0 Å². The van der Waals surface area contributed by atoms with Gasteiger partial charge in [-0.1, -0.05) is 24.3 Å². The number of nitrogens with zero attached hydrogens (tertiary/aromatic N) is 3. The lowest BCUT2D eigenvalue weighted by atomic mass is 9.93. The van der Waals surface area contributed by atoms with Crippen LogP contribution in [0, 0.1) is 0 Å². The Morgan fingerprint density at radius 2 is 1.96 bits per heavy atom. The van der Waals surface area contributed by atoms with Gasteiger partial charge in [0.05, 0.1) is 24.6 Å². The summed E-state index contributed by atoms with van der Waals surface area (Å²) in [5.74, 6) is 0.510. The quantitative estimate of drug-likeness (QED) is 0.495. The third kappa shape index (κ3) is 3.96. The average Bonchev–Trinajstić information content (AvgIpc) is 2.73. The van der Waals surface area contributed by atoms with E-state index in [-0.39, 0.29) is 17.6 Å². The molecule has 1 amide bonds.